The second-order valence-corrected chi connectivity index (χ2v) is 4.91. The molecular formula is C14H19F2NO. The van der Waals surface area contributed by atoms with Crippen LogP contribution in [0.1, 0.15) is 38.3 Å². The number of hydrogen-bond donors (Lipinski definition) is 1. The molecule has 1 aromatic rings. The smallest absolute Gasteiger partial charge is 0.130 e. The molecule has 0 radical (unpaired) electrons. The highest BCUT2D eigenvalue weighted by molar-refractivity contribution is 5.22. The van der Waals surface area contributed by atoms with Crippen molar-refractivity contribution in [3.05, 3.63) is 35.4 Å². The average molecular weight is 255 g/mol. The third kappa shape index (κ3) is 3.06. The fraction of sp³-hybridized carbons (Fsp3) is 0.571. The van der Waals surface area contributed by atoms with Crippen LogP contribution in [-0.4, -0.2) is 18.8 Å². The largest absolute Gasteiger partial charge is 0.374 e. The fourth-order valence-electron chi connectivity index (χ4n) is 2.37. The summed E-state index contributed by atoms with van der Waals surface area (Å²) in [4.78, 5) is 0. The standard InChI is InChI=1S/C14H19F2NO/c1-9-6-7-11(18-9)8-17-10(2)14-12(15)4-3-5-13(14)16/h3-5,9-11,17H,6-8H2,1-2H3. The summed E-state index contributed by atoms with van der Waals surface area (Å²) in [7, 11) is 0. The van der Waals surface area contributed by atoms with E-state index >= 15 is 0 Å². The molecular weight excluding hydrogens is 236 g/mol. The Morgan fingerprint density at radius 3 is 2.56 bits per heavy atom. The Morgan fingerprint density at radius 1 is 1.33 bits per heavy atom. The molecule has 0 saturated carbocycles. The second kappa shape index (κ2) is 5.76. The lowest BCUT2D eigenvalue weighted by Gasteiger charge is -2.18. The van der Waals surface area contributed by atoms with Crippen molar-refractivity contribution in [1.82, 2.24) is 5.32 Å². The Balaban J connectivity index is 1.93. The van der Waals surface area contributed by atoms with E-state index in [-0.39, 0.29) is 23.8 Å². The maximum Gasteiger partial charge on any atom is 0.130 e. The zero-order valence-corrected chi connectivity index (χ0v) is 10.7. The van der Waals surface area contributed by atoms with E-state index in [2.05, 4.69) is 5.32 Å². The Morgan fingerprint density at radius 2 is 2.00 bits per heavy atom. The summed E-state index contributed by atoms with van der Waals surface area (Å²) >= 11 is 0. The van der Waals surface area contributed by atoms with Gasteiger partial charge in [-0.05, 0) is 38.8 Å². The van der Waals surface area contributed by atoms with Crippen LogP contribution in [0.25, 0.3) is 0 Å². The number of halogens is 2. The van der Waals surface area contributed by atoms with E-state index in [9.17, 15) is 8.78 Å². The van der Waals surface area contributed by atoms with Crippen LogP contribution < -0.4 is 5.32 Å². The number of ether oxygens (including phenoxy) is 1. The highest BCUT2D eigenvalue weighted by atomic mass is 19.1. The van der Waals surface area contributed by atoms with Gasteiger partial charge in [0.05, 0.1) is 12.2 Å². The molecule has 3 atom stereocenters. The first-order valence-corrected chi connectivity index (χ1v) is 6.40. The lowest BCUT2D eigenvalue weighted by molar-refractivity contribution is 0.0545. The molecule has 1 aromatic carbocycles. The molecule has 2 nitrogen and oxygen atoms in total. The second-order valence-electron chi connectivity index (χ2n) is 4.91. The van der Waals surface area contributed by atoms with Crippen LogP contribution in [-0.2, 0) is 4.74 Å². The van der Waals surface area contributed by atoms with Gasteiger partial charge >= 0.3 is 0 Å². The van der Waals surface area contributed by atoms with E-state index in [0.717, 1.165) is 12.8 Å². The molecule has 4 heteroatoms. The van der Waals surface area contributed by atoms with Gasteiger partial charge in [-0.2, -0.15) is 0 Å². The lowest BCUT2D eigenvalue weighted by Crippen LogP contribution is -2.30. The Bertz CT molecular complexity index is 391. The average Bonchev–Trinajstić information content (AvgIpc) is 2.72. The molecule has 18 heavy (non-hydrogen) atoms. The van der Waals surface area contributed by atoms with Crippen molar-refractivity contribution >= 4 is 0 Å². The summed E-state index contributed by atoms with van der Waals surface area (Å²) in [6, 6.07) is 3.59. The van der Waals surface area contributed by atoms with Crippen LogP contribution in [0.5, 0.6) is 0 Å². The van der Waals surface area contributed by atoms with Crippen molar-refractivity contribution in [1.29, 1.82) is 0 Å². The summed E-state index contributed by atoms with van der Waals surface area (Å²) in [5, 5.41) is 3.14. The van der Waals surface area contributed by atoms with E-state index in [1.807, 2.05) is 6.92 Å². The third-order valence-corrected chi connectivity index (χ3v) is 3.40. The maximum absolute atomic E-state index is 13.6. The SMILES string of the molecule is CC1CCC(CNC(C)c2c(F)cccc2F)O1. The van der Waals surface area contributed by atoms with Crippen molar-refractivity contribution in [3.63, 3.8) is 0 Å². The molecule has 1 aliphatic heterocycles. The number of hydrogen-bond acceptors (Lipinski definition) is 2. The molecule has 1 aliphatic rings. The molecule has 1 heterocycles. The van der Waals surface area contributed by atoms with Crippen LogP contribution in [0.3, 0.4) is 0 Å². The van der Waals surface area contributed by atoms with Crippen LogP contribution in [0.15, 0.2) is 18.2 Å². The van der Waals surface area contributed by atoms with Crippen LogP contribution >= 0.6 is 0 Å². The van der Waals surface area contributed by atoms with Gasteiger partial charge in [-0.15, -0.1) is 0 Å². The first-order valence-electron chi connectivity index (χ1n) is 6.40. The minimum absolute atomic E-state index is 0.101. The summed E-state index contributed by atoms with van der Waals surface area (Å²) in [5.41, 5.74) is 0.101. The molecule has 100 valence electrons. The van der Waals surface area contributed by atoms with Crippen LogP contribution in [0, 0.1) is 11.6 Å². The van der Waals surface area contributed by atoms with E-state index < -0.39 is 11.6 Å². The first kappa shape index (κ1) is 13.4. The molecule has 0 spiro atoms. The molecule has 0 amide bonds. The molecule has 1 fully saturated rings. The van der Waals surface area contributed by atoms with Crippen molar-refractivity contribution in [3.8, 4) is 0 Å². The molecule has 0 aromatic heterocycles. The first-order chi connectivity index (χ1) is 8.58. The third-order valence-electron chi connectivity index (χ3n) is 3.40. The number of benzene rings is 1. The van der Waals surface area contributed by atoms with E-state index in [4.69, 9.17) is 4.74 Å². The molecule has 2 rings (SSSR count). The Kier molecular flexibility index (Phi) is 4.30. The summed E-state index contributed by atoms with van der Waals surface area (Å²) in [6.45, 7) is 4.43. The van der Waals surface area contributed by atoms with Crippen molar-refractivity contribution in [2.45, 2.75) is 44.9 Å². The van der Waals surface area contributed by atoms with Gasteiger partial charge in [-0.3, -0.25) is 0 Å². The molecule has 3 unspecified atom stereocenters. The van der Waals surface area contributed by atoms with Gasteiger partial charge in [0.25, 0.3) is 0 Å². The monoisotopic (exact) mass is 255 g/mol. The van der Waals surface area contributed by atoms with Crippen molar-refractivity contribution < 1.29 is 13.5 Å². The number of nitrogens with one attached hydrogen (secondary N) is 1. The minimum Gasteiger partial charge on any atom is -0.374 e. The van der Waals surface area contributed by atoms with Gasteiger partial charge in [0.2, 0.25) is 0 Å². The zero-order valence-electron chi connectivity index (χ0n) is 10.7. The van der Waals surface area contributed by atoms with E-state index in [1.165, 1.54) is 18.2 Å². The van der Waals surface area contributed by atoms with Crippen LogP contribution in [0.4, 0.5) is 8.78 Å². The van der Waals surface area contributed by atoms with Gasteiger partial charge in [-0.1, -0.05) is 6.07 Å². The van der Waals surface area contributed by atoms with E-state index in [1.54, 1.807) is 6.92 Å². The summed E-state index contributed by atoms with van der Waals surface area (Å²) in [6.07, 6.45) is 2.49. The Hall–Kier alpha value is -1.00. The topological polar surface area (TPSA) is 21.3 Å². The summed E-state index contributed by atoms with van der Waals surface area (Å²) in [5.74, 6) is -1.01. The minimum atomic E-state index is -0.504. The van der Waals surface area contributed by atoms with Gasteiger partial charge in [0.1, 0.15) is 11.6 Å². The predicted molar refractivity (Wildman–Crippen MR) is 66.3 cm³/mol. The zero-order chi connectivity index (χ0) is 13.1. The van der Waals surface area contributed by atoms with Crippen LogP contribution in [0.2, 0.25) is 0 Å². The quantitative estimate of drug-likeness (QED) is 0.892. The maximum atomic E-state index is 13.6. The van der Waals surface area contributed by atoms with Gasteiger partial charge in [0, 0.05) is 18.2 Å². The highest BCUT2D eigenvalue weighted by Gasteiger charge is 2.23. The molecule has 0 bridgehead atoms. The molecule has 1 saturated heterocycles. The van der Waals surface area contributed by atoms with Crippen molar-refractivity contribution in [2.24, 2.45) is 0 Å². The fourth-order valence-corrected chi connectivity index (χ4v) is 2.37. The highest BCUT2D eigenvalue weighted by Crippen LogP contribution is 2.22. The molecule has 0 aliphatic carbocycles. The summed E-state index contributed by atoms with van der Waals surface area (Å²) < 4.78 is 32.8. The Labute approximate surface area is 106 Å². The lowest BCUT2D eigenvalue weighted by atomic mass is 10.1. The molecule has 1 N–H and O–H groups in total. The van der Waals surface area contributed by atoms with Gasteiger partial charge < -0.3 is 10.1 Å². The number of rotatable bonds is 4. The van der Waals surface area contributed by atoms with E-state index in [0.29, 0.717) is 6.54 Å². The van der Waals surface area contributed by atoms with Gasteiger partial charge in [0.15, 0.2) is 0 Å². The van der Waals surface area contributed by atoms with Crippen molar-refractivity contribution in [2.75, 3.05) is 6.54 Å². The predicted octanol–water partition coefficient (Wildman–Crippen LogP) is 3.18. The normalized spacial score (nSPS) is 25.3. The van der Waals surface area contributed by atoms with Gasteiger partial charge in [-0.25, -0.2) is 8.78 Å².